The van der Waals surface area contributed by atoms with E-state index in [-0.39, 0.29) is 0 Å². The highest BCUT2D eigenvalue weighted by molar-refractivity contribution is 5.69. The van der Waals surface area contributed by atoms with Gasteiger partial charge < -0.3 is 9.32 Å². The minimum absolute atomic E-state index is 0.566. The molecule has 0 N–H and O–H groups in total. The van der Waals surface area contributed by atoms with Crippen LogP contribution in [0.15, 0.2) is 22.7 Å². The van der Waals surface area contributed by atoms with Gasteiger partial charge in [-0.05, 0) is 18.6 Å². The number of piperazine rings is 1. The van der Waals surface area contributed by atoms with E-state index >= 15 is 0 Å². The highest BCUT2D eigenvalue weighted by Crippen LogP contribution is 2.28. The Bertz CT molecular complexity index is 519. The second-order valence-electron chi connectivity index (χ2n) is 4.76. The Morgan fingerprint density at radius 1 is 1.29 bits per heavy atom. The van der Waals surface area contributed by atoms with Crippen molar-refractivity contribution >= 4 is 17.2 Å². The molecule has 2 aliphatic rings. The van der Waals surface area contributed by atoms with Gasteiger partial charge in [0, 0.05) is 38.4 Å². The van der Waals surface area contributed by atoms with Crippen molar-refractivity contribution in [1.29, 1.82) is 0 Å². The number of aromatic nitrogens is 2. The van der Waals surface area contributed by atoms with Crippen LogP contribution < -0.4 is 4.90 Å². The Balaban J connectivity index is 1.73. The third-order valence-electron chi connectivity index (χ3n) is 3.75. The summed E-state index contributed by atoms with van der Waals surface area (Å²) in [5.74, 6) is 0. The van der Waals surface area contributed by atoms with E-state index < -0.39 is 0 Å². The van der Waals surface area contributed by atoms with Gasteiger partial charge in [0.15, 0.2) is 0 Å². The topological polar surface area (TPSA) is 45.4 Å². The summed E-state index contributed by atoms with van der Waals surface area (Å²) < 4.78 is 5.74. The molecular weight excluding hydrogens is 216 g/mol. The fourth-order valence-electron chi connectivity index (χ4n) is 2.83. The zero-order valence-corrected chi connectivity index (χ0v) is 9.54. The van der Waals surface area contributed by atoms with Gasteiger partial charge in [-0.25, -0.2) is 4.98 Å². The summed E-state index contributed by atoms with van der Waals surface area (Å²) in [6.45, 7) is 4.48. The fraction of sp³-hybridized carbons (Fsp3) is 0.500. The van der Waals surface area contributed by atoms with E-state index in [4.69, 9.17) is 4.42 Å². The van der Waals surface area contributed by atoms with Crippen LogP contribution in [0.5, 0.6) is 0 Å². The molecule has 0 amide bonds. The van der Waals surface area contributed by atoms with Crippen molar-refractivity contribution in [3.8, 4) is 0 Å². The molecule has 2 atom stereocenters. The van der Waals surface area contributed by atoms with E-state index in [1.165, 1.54) is 13.0 Å². The molecule has 4 heterocycles. The molecule has 2 aliphatic heterocycles. The molecule has 88 valence electrons. The predicted octanol–water partition coefficient (Wildman–Crippen LogP) is 1.12. The maximum Gasteiger partial charge on any atom is 0.300 e. The standard InChI is InChI=1S/C12H14N4O/c1-2-10-11(13-4-1)17-12(14-10)16-7-6-15-5-3-9(16)8-15/h1-2,4,9H,3,5-8H2. The number of rotatable bonds is 1. The smallest absolute Gasteiger partial charge is 0.300 e. The number of hydrogen-bond donors (Lipinski definition) is 0. The number of nitrogens with zero attached hydrogens (tertiary/aromatic N) is 4. The summed E-state index contributed by atoms with van der Waals surface area (Å²) in [5.41, 5.74) is 1.49. The molecule has 2 aromatic heterocycles. The van der Waals surface area contributed by atoms with Gasteiger partial charge in [-0.2, -0.15) is 4.98 Å². The lowest BCUT2D eigenvalue weighted by Gasteiger charge is -2.32. The van der Waals surface area contributed by atoms with Gasteiger partial charge in [0.25, 0.3) is 6.01 Å². The first kappa shape index (κ1) is 9.41. The largest absolute Gasteiger partial charge is 0.404 e. The lowest BCUT2D eigenvalue weighted by molar-refractivity contribution is 0.304. The van der Waals surface area contributed by atoms with Gasteiger partial charge in [0.2, 0.25) is 5.71 Å². The Labute approximate surface area is 99.0 Å². The Morgan fingerprint density at radius 3 is 3.24 bits per heavy atom. The molecule has 0 aromatic carbocycles. The average molecular weight is 230 g/mol. The van der Waals surface area contributed by atoms with Crippen molar-refractivity contribution in [2.75, 3.05) is 31.1 Å². The molecule has 17 heavy (non-hydrogen) atoms. The summed E-state index contributed by atoms with van der Waals surface area (Å²) in [6.07, 6.45) is 2.96. The van der Waals surface area contributed by atoms with Gasteiger partial charge in [-0.3, -0.25) is 4.90 Å². The monoisotopic (exact) mass is 230 g/mol. The number of fused-ring (bicyclic) bond motifs is 3. The van der Waals surface area contributed by atoms with E-state index in [9.17, 15) is 0 Å². The third-order valence-corrected chi connectivity index (χ3v) is 3.75. The van der Waals surface area contributed by atoms with Crippen molar-refractivity contribution < 1.29 is 4.42 Å². The molecule has 0 spiro atoms. The van der Waals surface area contributed by atoms with Gasteiger partial charge in [-0.15, -0.1) is 0 Å². The van der Waals surface area contributed by atoms with Crippen LogP contribution in [0.4, 0.5) is 6.01 Å². The summed E-state index contributed by atoms with van der Waals surface area (Å²) in [5, 5.41) is 0. The molecule has 0 saturated carbocycles. The van der Waals surface area contributed by atoms with Crippen LogP contribution in [-0.2, 0) is 0 Å². The van der Waals surface area contributed by atoms with E-state index in [0.29, 0.717) is 11.8 Å². The second kappa shape index (κ2) is 3.43. The van der Waals surface area contributed by atoms with E-state index in [1.807, 2.05) is 12.1 Å². The molecule has 5 heteroatoms. The predicted molar refractivity (Wildman–Crippen MR) is 64.0 cm³/mol. The normalized spacial score (nSPS) is 27.9. The van der Waals surface area contributed by atoms with Crippen LogP contribution >= 0.6 is 0 Å². The quantitative estimate of drug-likeness (QED) is 0.734. The molecule has 2 fully saturated rings. The number of anilines is 1. The fourth-order valence-corrected chi connectivity index (χ4v) is 2.83. The molecule has 2 bridgehead atoms. The van der Waals surface area contributed by atoms with Crippen LogP contribution in [0.1, 0.15) is 6.42 Å². The van der Waals surface area contributed by atoms with Crippen LogP contribution in [-0.4, -0.2) is 47.1 Å². The van der Waals surface area contributed by atoms with Crippen LogP contribution in [0.2, 0.25) is 0 Å². The SMILES string of the molecule is c1cnc2oc(N3CCN4CCC3C4)nc2c1. The Kier molecular flexibility index (Phi) is 1.90. The molecule has 4 rings (SSSR count). The summed E-state index contributed by atoms with van der Waals surface area (Å²) in [7, 11) is 0. The van der Waals surface area contributed by atoms with E-state index in [1.54, 1.807) is 6.20 Å². The maximum atomic E-state index is 5.74. The first-order chi connectivity index (χ1) is 8.40. The molecule has 0 aliphatic carbocycles. The number of pyridine rings is 1. The van der Waals surface area contributed by atoms with Crippen molar-refractivity contribution in [1.82, 2.24) is 14.9 Å². The highest BCUT2D eigenvalue weighted by Gasteiger charge is 2.34. The molecule has 5 nitrogen and oxygen atoms in total. The summed E-state index contributed by atoms with van der Waals surface area (Å²) in [4.78, 5) is 13.5. The van der Waals surface area contributed by atoms with Gasteiger partial charge in [0.05, 0.1) is 0 Å². The average Bonchev–Trinajstić information content (AvgIpc) is 2.94. The Hall–Kier alpha value is -1.62. The van der Waals surface area contributed by atoms with E-state index in [0.717, 1.165) is 31.2 Å². The summed E-state index contributed by atoms with van der Waals surface area (Å²) in [6, 6.07) is 5.14. The number of oxazole rings is 1. The zero-order chi connectivity index (χ0) is 11.2. The molecule has 2 unspecified atom stereocenters. The number of hydrogen-bond acceptors (Lipinski definition) is 5. The first-order valence-corrected chi connectivity index (χ1v) is 6.11. The van der Waals surface area contributed by atoms with Crippen molar-refractivity contribution in [2.45, 2.75) is 12.5 Å². The van der Waals surface area contributed by atoms with Gasteiger partial charge >= 0.3 is 0 Å². The van der Waals surface area contributed by atoms with Gasteiger partial charge in [0.1, 0.15) is 5.52 Å². The van der Waals surface area contributed by atoms with E-state index in [2.05, 4.69) is 19.8 Å². The molecular formula is C12H14N4O. The van der Waals surface area contributed by atoms with Crippen LogP contribution in [0.3, 0.4) is 0 Å². The second-order valence-corrected chi connectivity index (χ2v) is 4.76. The minimum atomic E-state index is 0.566. The van der Waals surface area contributed by atoms with Crippen LogP contribution in [0.25, 0.3) is 11.2 Å². The highest BCUT2D eigenvalue weighted by atomic mass is 16.4. The van der Waals surface area contributed by atoms with Crippen molar-refractivity contribution in [2.24, 2.45) is 0 Å². The van der Waals surface area contributed by atoms with Crippen molar-refractivity contribution in [3.63, 3.8) is 0 Å². The molecule has 2 saturated heterocycles. The Morgan fingerprint density at radius 2 is 2.29 bits per heavy atom. The maximum absolute atomic E-state index is 5.74. The summed E-state index contributed by atoms with van der Waals surface area (Å²) >= 11 is 0. The van der Waals surface area contributed by atoms with Gasteiger partial charge in [-0.1, -0.05) is 0 Å². The molecule has 2 aromatic rings. The minimum Gasteiger partial charge on any atom is -0.404 e. The lowest BCUT2D eigenvalue weighted by atomic mass is 10.2. The van der Waals surface area contributed by atoms with Crippen molar-refractivity contribution in [3.05, 3.63) is 18.3 Å². The zero-order valence-electron chi connectivity index (χ0n) is 9.54. The lowest BCUT2D eigenvalue weighted by Crippen LogP contribution is -2.46. The third kappa shape index (κ3) is 1.42. The van der Waals surface area contributed by atoms with Crippen LogP contribution in [0, 0.1) is 0 Å². The molecule has 0 radical (unpaired) electrons. The first-order valence-electron chi connectivity index (χ1n) is 6.11.